The normalized spacial score (nSPS) is 20.8. The van der Waals surface area contributed by atoms with Crippen molar-refractivity contribution in [3.8, 4) is 0 Å². The average Bonchev–Trinajstić information content (AvgIpc) is 2.56. The van der Waals surface area contributed by atoms with Crippen LogP contribution in [-0.2, 0) is 0 Å². The van der Waals surface area contributed by atoms with Crippen molar-refractivity contribution in [2.45, 2.75) is 39.7 Å². The van der Waals surface area contributed by atoms with Crippen molar-refractivity contribution in [1.29, 1.82) is 0 Å². The molecule has 0 spiro atoms. The van der Waals surface area contributed by atoms with Gasteiger partial charge in [-0.15, -0.1) is 0 Å². The highest BCUT2D eigenvalue weighted by atomic mass is 15.3. The van der Waals surface area contributed by atoms with Crippen molar-refractivity contribution in [3.63, 3.8) is 0 Å². The number of aromatic nitrogens is 2. The Morgan fingerprint density at radius 2 is 2.15 bits per heavy atom. The van der Waals surface area contributed by atoms with Gasteiger partial charge in [0.05, 0.1) is 0 Å². The van der Waals surface area contributed by atoms with E-state index in [-0.39, 0.29) is 0 Å². The molecule has 0 aliphatic carbocycles. The molecule has 20 heavy (non-hydrogen) atoms. The number of likely N-dealkylation sites (N-methyl/N-ethyl adjacent to an activating group) is 1. The van der Waals surface area contributed by atoms with Crippen LogP contribution in [0.3, 0.4) is 0 Å². The van der Waals surface area contributed by atoms with Crippen LogP contribution >= 0.6 is 0 Å². The molecule has 1 unspecified atom stereocenters. The summed E-state index contributed by atoms with van der Waals surface area (Å²) in [7, 11) is 2.19. The van der Waals surface area contributed by atoms with E-state index < -0.39 is 0 Å². The van der Waals surface area contributed by atoms with Gasteiger partial charge in [-0.25, -0.2) is 4.98 Å². The summed E-state index contributed by atoms with van der Waals surface area (Å²) in [5, 5.41) is 3.29. The number of anilines is 2. The van der Waals surface area contributed by atoms with Crippen molar-refractivity contribution in [1.82, 2.24) is 14.9 Å². The van der Waals surface area contributed by atoms with E-state index in [9.17, 15) is 0 Å². The third-order valence-electron chi connectivity index (χ3n) is 3.71. The fourth-order valence-electron chi connectivity index (χ4n) is 2.73. The Balaban J connectivity index is 2.19. The van der Waals surface area contributed by atoms with Crippen LogP contribution in [0.2, 0.25) is 0 Å². The van der Waals surface area contributed by atoms with Crippen molar-refractivity contribution in [3.05, 3.63) is 11.8 Å². The fourth-order valence-corrected chi connectivity index (χ4v) is 2.73. The number of nitrogens with zero attached hydrogens (tertiary/aromatic N) is 4. The molecule has 1 aromatic rings. The zero-order valence-corrected chi connectivity index (χ0v) is 13.2. The Morgan fingerprint density at radius 3 is 2.90 bits per heavy atom. The van der Waals surface area contributed by atoms with Gasteiger partial charge in [-0.1, -0.05) is 6.92 Å². The summed E-state index contributed by atoms with van der Waals surface area (Å²) in [4.78, 5) is 14.0. The molecule has 5 nitrogen and oxygen atoms in total. The zero-order chi connectivity index (χ0) is 14.5. The van der Waals surface area contributed by atoms with Crippen LogP contribution in [0, 0.1) is 6.92 Å². The minimum absolute atomic E-state index is 0.482. The molecule has 1 aliphatic heterocycles. The molecule has 1 atom stereocenters. The smallest absolute Gasteiger partial charge is 0.224 e. The summed E-state index contributed by atoms with van der Waals surface area (Å²) >= 11 is 0. The summed E-state index contributed by atoms with van der Waals surface area (Å²) in [6.07, 6.45) is 2.26. The molecule has 1 aromatic heterocycles. The molecule has 0 aromatic carbocycles. The lowest BCUT2D eigenvalue weighted by atomic mass is 10.2. The second-order valence-corrected chi connectivity index (χ2v) is 5.78. The van der Waals surface area contributed by atoms with E-state index in [1.54, 1.807) is 0 Å². The Hall–Kier alpha value is -1.36. The van der Waals surface area contributed by atoms with Crippen LogP contribution in [0.5, 0.6) is 0 Å². The van der Waals surface area contributed by atoms with Crippen LogP contribution in [0.25, 0.3) is 0 Å². The predicted molar refractivity (Wildman–Crippen MR) is 84.5 cm³/mol. The molecule has 0 amide bonds. The average molecular weight is 277 g/mol. The van der Waals surface area contributed by atoms with E-state index in [1.807, 2.05) is 6.92 Å². The largest absolute Gasteiger partial charge is 0.354 e. The van der Waals surface area contributed by atoms with Crippen molar-refractivity contribution in [2.75, 3.05) is 43.4 Å². The highest BCUT2D eigenvalue weighted by molar-refractivity contribution is 5.45. The lowest BCUT2D eigenvalue weighted by molar-refractivity contribution is 0.337. The molecule has 1 fully saturated rings. The maximum Gasteiger partial charge on any atom is 0.224 e. The second kappa shape index (κ2) is 6.88. The number of hydrogen-bond acceptors (Lipinski definition) is 5. The van der Waals surface area contributed by atoms with Gasteiger partial charge in [0.2, 0.25) is 5.95 Å². The third-order valence-corrected chi connectivity index (χ3v) is 3.71. The van der Waals surface area contributed by atoms with E-state index >= 15 is 0 Å². The summed E-state index contributed by atoms with van der Waals surface area (Å²) < 4.78 is 0. The quantitative estimate of drug-likeness (QED) is 0.913. The molecule has 0 bridgehead atoms. The van der Waals surface area contributed by atoms with Gasteiger partial charge in [0.1, 0.15) is 5.82 Å². The van der Waals surface area contributed by atoms with Gasteiger partial charge in [-0.05, 0) is 40.3 Å². The van der Waals surface area contributed by atoms with Crippen molar-refractivity contribution >= 4 is 11.8 Å². The minimum atomic E-state index is 0.482. The second-order valence-electron chi connectivity index (χ2n) is 5.78. The van der Waals surface area contributed by atoms with E-state index in [2.05, 4.69) is 47.1 Å². The first-order chi connectivity index (χ1) is 9.60. The van der Waals surface area contributed by atoms with Crippen molar-refractivity contribution < 1.29 is 0 Å². The van der Waals surface area contributed by atoms with Crippen LogP contribution in [0.4, 0.5) is 11.8 Å². The Kier molecular flexibility index (Phi) is 5.17. The monoisotopic (exact) mass is 277 g/mol. The molecule has 5 heteroatoms. The highest BCUT2D eigenvalue weighted by Crippen LogP contribution is 2.20. The number of nitrogens with one attached hydrogen (secondary N) is 1. The van der Waals surface area contributed by atoms with Gasteiger partial charge < -0.3 is 15.1 Å². The predicted octanol–water partition coefficient (Wildman–Crippen LogP) is 2.14. The van der Waals surface area contributed by atoms with Crippen LogP contribution in [0.15, 0.2) is 6.07 Å². The Morgan fingerprint density at radius 1 is 1.35 bits per heavy atom. The Bertz CT molecular complexity index is 434. The van der Waals surface area contributed by atoms with Gasteiger partial charge in [-0.3, -0.25) is 0 Å². The SMILES string of the molecule is CCCNc1nc(C)cc(N2CCCN(C)CC2C)n1. The summed E-state index contributed by atoms with van der Waals surface area (Å²) in [6.45, 7) is 10.7. The van der Waals surface area contributed by atoms with Crippen molar-refractivity contribution in [2.24, 2.45) is 0 Å². The molecular formula is C15H27N5. The lowest BCUT2D eigenvalue weighted by Gasteiger charge is -2.29. The number of aryl methyl sites for hydroxylation is 1. The maximum absolute atomic E-state index is 4.70. The fraction of sp³-hybridized carbons (Fsp3) is 0.733. The van der Waals surface area contributed by atoms with Gasteiger partial charge >= 0.3 is 0 Å². The van der Waals surface area contributed by atoms with Crippen LogP contribution in [-0.4, -0.2) is 54.1 Å². The molecular weight excluding hydrogens is 250 g/mol. The van der Waals surface area contributed by atoms with Gasteiger partial charge in [0.15, 0.2) is 0 Å². The third kappa shape index (κ3) is 3.82. The van der Waals surface area contributed by atoms with E-state index in [0.717, 1.165) is 50.1 Å². The molecule has 0 saturated carbocycles. The van der Waals surface area contributed by atoms with E-state index in [4.69, 9.17) is 4.98 Å². The first-order valence-electron chi connectivity index (χ1n) is 7.65. The van der Waals surface area contributed by atoms with Gasteiger partial charge in [0, 0.05) is 37.4 Å². The molecule has 1 N–H and O–H groups in total. The molecule has 112 valence electrons. The summed E-state index contributed by atoms with van der Waals surface area (Å²) in [6, 6.07) is 2.58. The standard InChI is InChI=1S/C15H27N5/c1-5-7-16-15-17-12(2)10-14(18-15)20-9-6-8-19(4)11-13(20)3/h10,13H,5-9,11H2,1-4H3,(H,16,17,18). The zero-order valence-electron chi connectivity index (χ0n) is 13.2. The maximum atomic E-state index is 4.70. The molecule has 1 saturated heterocycles. The first-order valence-corrected chi connectivity index (χ1v) is 7.65. The van der Waals surface area contributed by atoms with Gasteiger partial charge in [-0.2, -0.15) is 4.98 Å². The topological polar surface area (TPSA) is 44.3 Å². The van der Waals surface area contributed by atoms with E-state index in [1.165, 1.54) is 6.42 Å². The lowest BCUT2D eigenvalue weighted by Crippen LogP contribution is -2.38. The number of rotatable bonds is 4. The summed E-state index contributed by atoms with van der Waals surface area (Å²) in [5.41, 5.74) is 1.03. The van der Waals surface area contributed by atoms with Crippen LogP contribution < -0.4 is 10.2 Å². The minimum Gasteiger partial charge on any atom is -0.354 e. The molecule has 2 heterocycles. The molecule has 2 rings (SSSR count). The summed E-state index contributed by atoms with van der Waals surface area (Å²) in [5.74, 6) is 1.81. The van der Waals surface area contributed by atoms with E-state index in [0.29, 0.717) is 6.04 Å². The highest BCUT2D eigenvalue weighted by Gasteiger charge is 2.21. The molecule has 0 radical (unpaired) electrons. The van der Waals surface area contributed by atoms with Gasteiger partial charge in [0.25, 0.3) is 0 Å². The van der Waals surface area contributed by atoms with Crippen LogP contribution in [0.1, 0.15) is 32.4 Å². The molecule has 1 aliphatic rings. The first kappa shape index (κ1) is 15.0. The Labute approximate surface area is 122 Å². The number of hydrogen-bond donors (Lipinski definition) is 1.